The minimum absolute atomic E-state index is 0.362. The van der Waals surface area contributed by atoms with E-state index in [1.54, 1.807) is 0 Å². The highest BCUT2D eigenvalue weighted by Crippen LogP contribution is 2.22. The van der Waals surface area contributed by atoms with Crippen molar-refractivity contribution in [3.05, 3.63) is 29.8 Å². The summed E-state index contributed by atoms with van der Waals surface area (Å²) in [6.45, 7) is 6.07. The molecule has 0 fully saturated rings. The molecule has 0 aromatic heterocycles. The number of benzene rings is 1. The van der Waals surface area contributed by atoms with E-state index in [-0.39, 0.29) is 0 Å². The lowest BCUT2D eigenvalue weighted by Crippen LogP contribution is -2.28. The van der Waals surface area contributed by atoms with Crippen molar-refractivity contribution in [1.82, 2.24) is 4.90 Å². The summed E-state index contributed by atoms with van der Waals surface area (Å²) in [6.07, 6.45) is 3.37. The van der Waals surface area contributed by atoms with Crippen molar-refractivity contribution in [1.29, 1.82) is 0 Å². The first-order valence-electron chi connectivity index (χ1n) is 6.98. The third-order valence-corrected chi connectivity index (χ3v) is 3.61. The van der Waals surface area contributed by atoms with Gasteiger partial charge in [-0.3, -0.25) is 4.90 Å². The van der Waals surface area contributed by atoms with Crippen molar-refractivity contribution in [2.75, 3.05) is 19.7 Å². The van der Waals surface area contributed by atoms with E-state index in [1.807, 2.05) is 6.07 Å². The van der Waals surface area contributed by atoms with Gasteiger partial charge < -0.3 is 10.5 Å². The number of hydrogen-bond donors (Lipinski definition) is 1. The topological polar surface area (TPSA) is 38.5 Å². The van der Waals surface area contributed by atoms with Crippen molar-refractivity contribution in [3.63, 3.8) is 0 Å². The first-order chi connectivity index (χ1) is 8.79. The van der Waals surface area contributed by atoms with Crippen LogP contribution in [0.15, 0.2) is 24.3 Å². The quantitative estimate of drug-likeness (QED) is 0.869. The number of fused-ring (bicyclic) bond motifs is 1. The van der Waals surface area contributed by atoms with Crippen molar-refractivity contribution >= 4 is 0 Å². The van der Waals surface area contributed by atoms with Gasteiger partial charge in [0, 0.05) is 24.7 Å². The average Bonchev–Trinajstić information content (AvgIpc) is 2.60. The van der Waals surface area contributed by atoms with Gasteiger partial charge in [-0.1, -0.05) is 25.1 Å². The smallest absolute Gasteiger partial charge is 0.123 e. The minimum atomic E-state index is 0.362. The summed E-state index contributed by atoms with van der Waals surface area (Å²) in [5.74, 6) is 1.05. The maximum absolute atomic E-state index is 5.95. The van der Waals surface area contributed by atoms with Crippen LogP contribution in [0.4, 0.5) is 0 Å². The Balaban J connectivity index is 1.84. The van der Waals surface area contributed by atoms with Crippen LogP contribution in [-0.2, 0) is 6.54 Å². The zero-order chi connectivity index (χ0) is 12.8. The van der Waals surface area contributed by atoms with Crippen molar-refractivity contribution in [3.8, 4) is 5.75 Å². The van der Waals surface area contributed by atoms with Crippen LogP contribution in [-0.4, -0.2) is 30.6 Å². The summed E-state index contributed by atoms with van der Waals surface area (Å²) in [6, 6.07) is 8.70. The molecule has 2 N–H and O–H groups in total. The lowest BCUT2D eigenvalue weighted by Gasteiger charge is -2.20. The fourth-order valence-corrected chi connectivity index (χ4v) is 2.35. The Morgan fingerprint density at radius 1 is 1.39 bits per heavy atom. The average molecular weight is 248 g/mol. The summed E-state index contributed by atoms with van der Waals surface area (Å²) in [7, 11) is 0. The highest BCUT2D eigenvalue weighted by molar-refractivity contribution is 5.33. The first kappa shape index (κ1) is 13.4. The van der Waals surface area contributed by atoms with Gasteiger partial charge in [0.2, 0.25) is 0 Å². The van der Waals surface area contributed by atoms with E-state index in [2.05, 4.69) is 30.0 Å². The van der Waals surface area contributed by atoms with Gasteiger partial charge in [-0.15, -0.1) is 0 Å². The van der Waals surface area contributed by atoms with Gasteiger partial charge in [0.15, 0.2) is 0 Å². The van der Waals surface area contributed by atoms with Gasteiger partial charge in [0.1, 0.15) is 12.4 Å². The fraction of sp³-hybridized carbons (Fsp3) is 0.600. The van der Waals surface area contributed by atoms with E-state index in [9.17, 15) is 0 Å². The molecule has 3 nitrogen and oxygen atoms in total. The Hall–Kier alpha value is -1.06. The van der Waals surface area contributed by atoms with E-state index < -0.39 is 0 Å². The van der Waals surface area contributed by atoms with Crippen LogP contribution in [0.25, 0.3) is 0 Å². The monoisotopic (exact) mass is 248 g/mol. The van der Waals surface area contributed by atoms with Crippen LogP contribution in [0.5, 0.6) is 5.75 Å². The second-order valence-corrected chi connectivity index (χ2v) is 5.04. The molecule has 1 atom stereocenters. The zero-order valence-corrected chi connectivity index (χ0v) is 11.3. The van der Waals surface area contributed by atoms with Crippen molar-refractivity contribution in [2.24, 2.45) is 5.73 Å². The Bertz CT molecular complexity index is 367. The molecule has 1 aromatic carbocycles. The number of para-hydroxylation sites is 1. The normalized spacial score (nSPS) is 17.7. The Morgan fingerprint density at radius 2 is 2.22 bits per heavy atom. The van der Waals surface area contributed by atoms with E-state index in [0.717, 1.165) is 44.8 Å². The van der Waals surface area contributed by atoms with Crippen molar-refractivity contribution < 1.29 is 4.74 Å². The molecular weight excluding hydrogens is 224 g/mol. The molecule has 0 aliphatic carbocycles. The Morgan fingerprint density at radius 3 is 3.06 bits per heavy atom. The van der Waals surface area contributed by atoms with Gasteiger partial charge in [-0.2, -0.15) is 0 Å². The number of rotatable bonds is 5. The van der Waals surface area contributed by atoms with E-state index in [1.165, 1.54) is 12.0 Å². The molecule has 1 heterocycles. The van der Waals surface area contributed by atoms with E-state index in [0.29, 0.717) is 6.04 Å². The summed E-state index contributed by atoms with van der Waals surface area (Å²) in [5, 5.41) is 0. The van der Waals surface area contributed by atoms with Gasteiger partial charge in [0.05, 0.1) is 0 Å². The van der Waals surface area contributed by atoms with Crippen LogP contribution >= 0.6 is 0 Å². The second kappa shape index (κ2) is 6.76. The lowest BCUT2D eigenvalue weighted by molar-refractivity contribution is 0.221. The predicted octanol–water partition coefficient (Wildman–Crippen LogP) is 2.40. The molecule has 3 heteroatoms. The highest BCUT2D eigenvalue weighted by Gasteiger charge is 2.14. The SMILES string of the molecule is CCC(N)CCCN1CCOc2ccccc2C1. The summed E-state index contributed by atoms with van der Waals surface area (Å²) in [4.78, 5) is 2.47. The maximum atomic E-state index is 5.95. The van der Waals surface area contributed by atoms with Gasteiger partial charge in [0.25, 0.3) is 0 Å². The van der Waals surface area contributed by atoms with Crippen LogP contribution < -0.4 is 10.5 Å². The Kier molecular flexibility index (Phi) is 5.02. The molecule has 0 amide bonds. The minimum Gasteiger partial charge on any atom is -0.492 e. The summed E-state index contributed by atoms with van der Waals surface area (Å²) < 4.78 is 5.76. The molecule has 1 aliphatic rings. The molecule has 1 aromatic rings. The van der Waals surface area contributed by atoms with Crippen LogP contribution in [0, 0.1) is 0 Å². The fourth-order valence-electron chi connectivity index (χ4n) is 2.35. The number of nitrogens with zero attached hydrogens (tertiary/aromatic N) is 1. The molecule has 0 bridgehead atoms. The predicted molar refractivity (Wildman–Crippen MR) is 74.7 cm³/mol. The zero-order valence-electron chi connectivity index (χ0n) is 11.3. The summed E-state index contributed by atoms with van der Waals surface area (Å²) in [5.41, 5.74) is 7.25. The van der Waals surface area contributed by atoms with E-state index >= 15 is 0 Å². The lowest BCUT2D eigenvalue weighted by atomic mass is 10.1. The van der Waals surface area contributed by atoms with Crippen LogP contribution in [0.2, 0.25) is 0 Å². The molecule has 2 rings (SSSR count). The molecule has 1 unspecified atom stereocenters. The van der Waals surface area contributed by atoms with Crippen molar-refractivity contribution in [2.45, 2.75) is 38.8 Å². The van der Waals surface area contributed by atoms with Crippen LogP contribution in [0.1, 0.15) is 31.7 Å². The largest absolute Gasteiger partial charge is 0.492 e. The molecule has 0 spiro atoms. The molecular formula is C15H24N2O. The molecule has 1 aliphatic heterocycles. The second-order valence-electron chi connectivity index (χ2n) is 5.04. The molecule has 0 saturated heterocycles. The molecule has 100 valence electrons. The molecule has 0 saturated carbocycles. The van der Waals surface area contributed by atoms with Gasteiger partial charge in [-0.05, 0) is 31.9 Å². The molecule has 0 radical (unpaired) electrons. The Labute approximate surface area is 110 Å². The number of nitrogens with two attached hydrogens (primary N) is 1. The van der Waals surface area contributed by atoms with Crippen LogP contribution in [0.3, 0.4) is 0 Å². The van der Waals surface area contributed by atoms with E-state index in [4.69, 9.17) is 10.5 Å². The summed E-state index contributed by atoms with van der Waals surface area (Å²) >= 11 is 0. The number of hydrogen-bond acceptors (Lipinski definition) is 3. The number of ether oxygens (including phenoxy) is 1. The standard InChI is InChI=1S/C15H24N2O/c1-2-14(16)7-5-9-17-10-11-18-15-8-4-3-6-13(15)12-17/h3-4,6,8,14H,2,5,7,9-12,16H2,1H3. The first-order valence-corrected chi connectivity index (χ1v) is 6.98. The highest BCUT2D eigenvalue weighted by atomic mass is 16.5. The van der Waals surface area contributed by atoms with Gasteiger partial charge in [-0.25, -0.2) is 0 Å². The molecule has 18 heavy (non-hydrogen) atoms. The third kappa shape index (κ3) is 3.72. The third-order valence-electron chi connectivity index (χ3n) is 3.61. The van der Waals surface area contributed by atoms with Gasteiger partial charge >= 0.3 is 0 Å². The maximum Gasteiger partial charge on any atom is 0.123 e.